The van der Waals surface area contributed by atoms with E-state index < -0.39 is 29.8 Å². The minimum Gasteiger partial charge on any atom is -0.480 e. The lowest BCUT2D eigenvalue weighted by Gasteiger charge is -2.21. The van der Waals surface area contributed by atoms with E-state index in [1.807, 2.05) is 30.3 Å². The van der Waals surface area contributed by atoms with E-state index in [0.717, 1.165) is 10.8 Å². The second-order valence-electron chi connectivity index (χ2n) is 5.84. The van der Waals surface area contributed by atoms with E-state index in [-0.39, 0.29) is 13.0 Å². The van der Waals surface area contributed by atoms with Gasteiger partial charge in [-0.05, 0) is 35.7 Å². The molecular weight excluding hydrogens is 322 g/mol. The molecule has 2 N–H and O–H groups in total. The second-order valence-corrected chi connectivity index (χ2v) is 5.84. The minimum atomic E-state index is -1.19. The maximum absolute atomic E-state index is 12.4. The molecule has 0 aliphatic rings. The number of esters is 1. The Morgan fingerprint density at radius 3 is 2.44 bits per heavy atom. The fourth-order valence-electron chi connectivity index (χ4n) is 2.60. The normalized spacial score (nSPS) is 13.0. The third-order valence-corrected chi connectivity index (χ3v) is 3.93. The summed E-state index contributed by atoms with van der Waals surface area (Å²) in [7, 11) is 0. The zero-order valence-electron chi connectivity index (χ0n) is 14.2. The van der Waals surface area contributed by atoms with Crippen molar-refractivity contribution >= 4 is 28.6 Å². The SMILES string of the molecule is CCOC(=O)C[C@H](C)[C@H](NC(=O)c1ccc2ccccc2c1)C(=O)O. The summed E-state index contributed by atoms with van der Waals surface area (Å²) in [6.45, 7) is 3.50. The first kappa shape index (κ1) is 18.4. The van der Waals surface area contributed by atoms with Crippen molar-refractivity contribution in [1.82, 2.24) is 5.32 Å². The van der Waals surface area contributed by atoms with Crippen LogP contribution in [0.4, 0.5) is 0 Å². The molecule has 25 heavy (non-hydrogen) atoms. The average Bonchev–Trinajstić information content (AvgIpc) is 2.58. The monoisotopic (exact) mass is 343 g/mol. The van der Waals surface area contributed by atoms with Crippen molar-refractivity contribution in [2.24, 2.45) is 5.92 Å². The summed E-state index contributed by atoms with van der Waals surface area (Å²) >= 11 is 0. The van der Waals surface area contributed by atoms with Gasteiger partial charge in [-0.2, -0.15) is 0 Å². The van der Waals surface area contributed by atoms with Gasteiger partial charge in [0.05, 0.1) is 13.0 Å². The molecule has 0 aliphatic carbocycles. The van der Waals surface area contributed by atoms with Gasteiger partial charge in [0.2, 0.25) is 0 Å². The zero-order valence-corrected chi connectivity index (χ0v) is 14.2. The van der Waals surface area contributed by atoms with Crippen LogP contribution in [0.1, 0.15) is 30.6 Å². The highest BCUT2D eigenvalue weighted by atomic mass is 16.5. The third-order valence-electron chi connectivity index (χ3n) is 3.93. The standard InChI is InChI=1S/C19H21NO5/c1-3-25-16(21)10-12(2)17(19(23)24)20-18(22)15-9-8-13-6-4-5-7-14(13)11-15/h4-9,11-12,17H,3,10H2,1-2H3,(H,20,22)(H,23,24)/t12-,17-/m0/s1. The molecule has 0 aromatic heterocycles. The van der Waals surface area contributed by atoms with Gasteiger partial charge in [-0.3, -0.25) is 9.59 Å². The predicted molar refractivity (Wildman–Crippen MR) is 93.3 cm³/mol. The van der Waals surface area contributed by atoms with E-state index in [9.17, 15) is 19.5 Å². The summed E-state index contributed by atoms with van der Waals surface area (Å²) in [6, 6.07) is 11.6. The number of nitrogens with one attached hydrogen (secondary N) is 1. The van der Waals surface area contributed by atoms with Crippen molar-refractivity contribution in [3.63, 3.8) is 0 Å². The molecule has 0 unspecified atom stereocenters. The highest BCUT2D eigenvalue weighted by Crippen LogP contribution is 2.17. The molecule has 0 saturated heterocycles. The lowest BCUT2D eigenvalue weighted by atomic mass is 9.97. The zero-order chi connectivity index (χ0) is 18.4. The van der Waals surface area contributed by atoms with Crippen LogP contribution in [0.25, 0.3) is 10.8 Å². The maximum atomic E-state index is 12.4. The highest BCUT2D eigenvalue weighted by Gasteiger charge is 2.29. The van der Waals surface area contributed by atoms with Crippen LogP contribution in [-0.4, -0.2) is 35.6 Å². The molecule has 6 nitrogen and oxygen atoms in total. The van der Waals surface area contributed by atoms with Gasteiger partial charge in [0.15, 0.2) is 0 Å². The molecule has 0 fully saturated rings. The molecule has 0 spiro atoms. The number of amides is 1. The number of carbonyl (C=O) groups excluding carboxylic acids is 2. The number of carboxylic acids is 1. The van der Waals surface area contributed by atoms with Crippen LogP contribution in [0.2, 0.25) is 0 Å². The van der Waals surface area contributed by atoms with Crippen molar-refractivity contribution < 1.29 is 24.2 Å². The molecule has 0 bridgehead atoms. The van der Waals surface area contributed by atoms with Crippen LogP contribution < -0.4 is 5.32 Å². The Morgan fingerprint density at radius 1 is 1.12 bits per heavy atom. The van der Waals surface area contributed by atoms with Gasteiger partial charge in [0, 0.05) is 5.56 Å². The Kier molecular flexibility index (Phi) is 6.11. The van der Waals surface area contributed by atoms with Crippen LogP contribution in [-0.2, 0) is 14.3 Å². The van der Waals surface area contributed by atoms with Crippen LogP contribution in [0, 0.1) is 5.92 Å². The van der Waals surface area contributed by atoms with Crippen molar-refractivity contribution in [3.05, 3.63) is 48.0 Å². The van der Waals surface area contributed by atoms with Gasteiger partial charge in [-0.25, -0.2) is 4.79 Å². The summed E-state index contributed by atoms with van der Waals surface area (Å²) in [5.41, 5.74) is 0.369. The smallest absolute Gasteiger partial charge is 0.326 e. The second kappa shape index (κ2) is 8.28. The summed E-state index contributed by atoms with van der Waals surface area (Å²) in [5, 5.41) is 13.8. The van der Waals surface area contributed by atoms with Gasteiger partial charge in [0.1, 0.15) is 6.04 Å². The Hall–Kier alpha value is -2.89. The first-order chi connectivity index (χ1) is 11.9. The number of carboxylic acid groups (broad SMARTS) is 1. The first-order valence-corrected chi connectivity index (χ1v) is 8.10. The Bertz CT molecular complexity index is 786. The summed E-state index contributed by atoms with van der Waals surface area (Å²) in [4.78, 5) is 35.5. The highest BCUT2D eigenvalue weighted by molar-refractivity contribution is 6.00. The molecule has 2 aromatic rings. The van der Waals surface area contributed by atoms with Crippen molar-refractivity contribution in [3.8, 4) is 0 Å². The first-order valence-electron chi connectivity index (χ1n) is 8.10. The fraction of sp³-hybridized carbons (Fsp3) is 0.316. The molecule has 6 heteroatoms. The quantitative estimate of drug-likeness (QED) is 0.754. The molecule has 0 radical (unpaired) electrons. The molecular formula is C19H21NO5. The van der Waals surface area contributed by atoms with E-state index in [1.165, 1.54) is 0 Å². The van der Waals surface area contributed by atoms with Crippen molar-refractivity contribution in [1.29, 1.82) is 0 Å². The molecule has 0 aliphatic heterocycles. The number of hydrogen-bond donors (Lipinski definition) is 2. The minimum absolute atomic E-state index is 0.0805. The summed E-state index contributed by atoms with van der Waals surface area (Å²) < 4.78 is 4.84. The molecule has 2 rings (SSSR count). The number of carbonyl (C=O) groups is 3. The predicted octanol–water partition coefficient (Wildman–Crippen LogP) is 2.61. The van der Waals surface area contributed by atoms with Crippen molar-refractivity contribution in [2.45, 2.75) is 26.3 Å². The average molecular weight is 343 g/mol. The largest absolute Gasteiger partial charge is 0.480 e. The Morgan fingerprint density at radius 2 is 1.80 bits per heavy atom. The Balaban J connectivity index is 2.13. The molecule has 2 atom stereocenters. The number of benzene rings is 2. The molecule has 2 aromatic carbocycles. The summed E-state index contributed by atoms with van der Waals surface area (Å²) in [5.74, 6) is -2.76. The van der Waals surface area contributed by atoms with Gasteiger partial charge in [0.25, 0.3) is 5.91 Å². The number of hydrogen-bond acceptors (Lipinski definition) is 4. The lowest BCUT2D eigenvalue weighted by Crippen LogP contribution is -2.45. The lowest BCUT2D eigenvalue weighted by molar-refractivity contribution is -0.145. The molecule has 1 amide bonds. The Labute approximate surface area is 145 Å². The molecule has 0 heterocycles. The van der Waals surface area contributed by atoms with E-state index in [2.05, 4.69) is 5.32 Å². The molecule has 132 valence electrons. The van der Waals surface area contributed by atoms with E-state index in [4.69, 9.17) is 4.74 Å². The van der Waals surface area contributed by atoms with Gasteiger partial charge in [-0.15, -0.1) is 0 Å². The maximum Gasteiger partial charge on any atom is 0.326 e. The third kappa shape index (κ3) is 4.79. The fourth-order valence-corrected chi connectivity index (χ4v) is 2.60. The van der Waals surface area contributed by atoms with Crippen LogP contribution in [0.5, 0.6) is 0 Å². The molecule has 0 saturated carbocycles. The summed E-state index contributed by atoms with van der Waals surface area (Å²) in [6.07, 6.45) is -0.0805. The number of fused-ring (bicyclic) bond motifs is 1. The van der Waals surface area contributed by atoms with E-state index >= 15 is 0 Å². The van der Waals surface area contributed by atoms with Gasteiger partial charge >= 0.3 is 11.9 Å². The van der Waals surface area contributed by atoms with Crippen LogP contribution in [0.15, 0.2) is 42.5 Å². The van der Waals surface area contributed by atoms with E-state index in [0.29, 0.717) is 5.56 Å². The van der Waals surface area contributed by atoms with Gasteiger partial charge in [-0.1, -0.05) is 37.3 Å². The van der Waals surface area contributed by atoms with Crippen molar-refractivity contribution in [2.75, 3.05) is 6.61 Å². The number of aliphatic carboxylic acids is 1. The van der Waals surface area contributed by atoms with E-state index in [1.54, 1.807) is 26.0 Å². The number of rotatable bonds is 7. The topological polar surface area (TPSA) is 92.7 Å². The van der Waals surface area contributed by atoms with Crippen LogP contribution >= 0.6 is 0 Å². The van der Waals surface area contributed by atoms with Gasteiger partial charge < -0.3 is 15.2 Å². The number of ether oxygens (including phenoxy) is 1. The van der Waals surface area contributed by atoms with Crippen LogP contribution in [0.3, 0.4) is 0 Å².